The summed E-state index contributed by atoms with van der Waals surface area (Å²) in [6.07, 6.45) is 4.90. The van der Waals surface area contributed by atoms with Crippen molar-refractivity contribution in [3.63, 3.8) is 0 Å². The van der Waals surface area contributed by atoms with Gasteiger partial charge in [-0.1, -0.05) is 30.3 Å². The molecule has 1 saturated heterocycles. The van der Waals surface area contributed by atoms with Gasteiger partial charge in [0.2, 0.25) is 0 Å². The number of piperidine rings is 1. The molecule has 2 unspecified atom stereocenters. The second kappa shape index (κ2) is 11.7. The van der Waals surface area contributed by atoms with Crippen LogP contribution in [-0.4, -0.2) is 31.7 Å². The highest BCUT2D eigenvalue weighted by atomic mass is 35.5. The van der Waals surface area contributed by atoms with Gasteiger partial charge in [0, 0.05) is 6.42 Å². The normalized spacial score (nSPS) is 18.8. The lowest BCUT2D eigenvalue weighted by Gasteiger charge is -2.30. The van der Waals surface area contributed by atoms with Crippen LogP contribution in [0.4, 0.5) is 0 Å². The third-order valence-corrected chi connectivity index (χ3v) is 5.30. The number of carbonyl (C=O) groups excluding carboxylic acids is 1. The second-order valence-corrected chi connectivity index (χ2v) is 7.34. The van der Waals surface area contributed by atoms with Crippen LogP contribution in [0.5, 0.6) is 5.75 Å². The van der Waals surface area contributed by atoms with Gasteiger partial charge in [0.15, 0.2) is 0 Å². The Morgan fingerprint density at radius 3 is 2.54 bits per heavy atom. The Morgan fingerprint density at radius 1 is 1.07 bits per heavy atom. The molecule has 1 aliphatic heterocycles. The molecule has 4 nitrogen and oxygen atoms in total. The van der Waals surface area contributed by atoms with Gasteiger partial charge in [-0.2, -0.15) is 0 Å². The summed E-state index contributed by atoms with van der Waals surface area (Å²) in [7, 11) is 0. The number of halogens is 1. The molecule has 1 aliphatic rings. The van der Waals surface area contributed by atoms with Crippen LogP contribution in [0, 0.1) is 0 Å². The van der Waals surface area contributed by atoms with E-state index in [1.54, 1.807) is 17.0 Å². The number of benzene rings is 2. The minimum atomic E-state index is -0.258. The van der Waals surface area contributed by atoms with Gasteiger partial charge in [0.05, 0.1) is 31.3 Å². The van der Waals surface area contributed by atoms with Gasteiger partial charge in [0.1, 0.15) is 12.4 Å². The van der Waals surface area contributed by atoms with Crippen LogP contribution in [0.15, 0.2) is 54.6 Å². The third kappa shape index (κ3) is 6.84. The highest BCUT2D eigenvalue weighted by Crippen LogP contribution is 2.15. The average molecular weight is 404 g/mol. The fourth-order valence-electron chi connectivity index (χ4n) is 3.60. The summed E-state index contributed by atoms with van der Waals surface area (Å²) >= 11 is 0. The molecule has 0 aromatic heterocycles. The van der Waals surface area contributed by atoms with Crippen molar-refractivity contribution in [2.75, 3.05) is 19.7 Å². The van der Waals surface area contributed by atoms with Gasteiger partial charge < -0.3 is 26.8 Å². The highest BCUT2D eigenvalue weighted by Gasteiger charge is 2.21. The van der Waals surface area contributed by atoms with Crippen molar-refractivity contribution in [3.8, 4) is 5.75 Å². The average Bonchev–Trinajstić information content (AvgIpc) is 2.72. The first kappa shape index (κ1) is 22.3. The lowest BCUT2D eigenvalue weighted by molar-refractivity contribution is -0.928. The van der Waals surface area contributed by atoms with Crippen LogP contribution in [0.1, 0.15) is 48.5 Å². The van der Waals surface area contributed by atoms with Crippen molar-refractivity contribution >= 4 is 5.97 Å². The third-order valence-electron chi connectivity index (χ3n) is 5.30. The maximum absolute atomic E-state index is 12.2. The molecule has 0 saturated carbocycles. The monoisotopic (exact) mass is 403 g/mol. The lowest BCUT2D eigenvalue weighted by atomic mass is 10.0. The van der Waals surface area contributed by atoms with Gasteiger partial charge >= 0.3 is 5.97 Å². The van der Waals surface area contributed by atoms with Crippen molar-refractivity contribution in [1.82, 2.24) is 0 Å². The molecule has 2 aromatic rings. The van der Waals surface area contributed by atoms with E-state index in [9.17, 15) is 4.79 Å². The summed E-state index contributed by atoms with van der Waals surface area (Å²) in [5.41, 5.74) is 1.69. The molecule has 5 heteroatoms. The van der Waals surface area contributed by atoms with Crippen LogP contribution >= 0.6 is 0 Å². The summed E-state index contributed by atoms with van der Waals surface area (Å²) in [6.45, 7) is 5.66. The summed E-state index contributed by atoms with van der Waals surface area (Å²) in [5, 5.41) is 0. The molecule has 2 atom stereocenters. The van der Waals surface area contributed by atoms with E-state index in [0.717, 1.165) is 30.3 Å². The zero-order chi connectivity index (χ0) is 18.9. The van der Waals surface area contributed by atoms with Crippen LogP contribution in [0.3, 0.4) is 0 Å². The zero-order valence-corrected chi connectivity index (χ0v) is 17.3. The zero-order valence-electron chi connectivity index (χ0n) is 16.5. The molecule has 1 heterocycles. The first-order chi connectivity index (χ1) is 13.2. The van der Waals surface area contributed by atoms with Gasteiger partial charge in [0.25, 0.3) is 0 Å². The molecule has 2 aromatic carbocycles. The number of ether oxygens (including phenoxy) is 2. The fraction of sp³-hybridized carbons (Fsp3) is 0.435. The quantitative estimate of drug-likeness (QED) is 0.508. The van der Waals surface area contributed by atoms with Crippen LogP contribution in [-0.2, 0) is 11.3 Å². The van der Waals surface area contributed by atoms with Gasteiger partial charge in [-0.15, -0.1) is 0 Å². The number of nitrogens with one attached hydrogen (secondary N) is 1. The molecule has 1 fully saturated rings. The van der Waals surface area contributed by atoms with E-state index >= 15 is 0 Å². The van der Waals surface area contributed by atoms with Crippen molar-refractivity contribution in [3.05, 3.63) is 65.7 Å². The van der Waals surface area contributed by atoms with Crippen molar-refractivity contribution in [2.24, 2.45) is 0 Å². The Balaban J connectivity index is 0.00000280. The van der Waals surface area contributed by atoms with E-state index in [2.05, 4.69) is 6.92 Å². The Bertz CT molecular complexity index is 706. The number of rotatable bonds is 8. The molecule has 152 valence electrons. The van der Waals surface area contributed by atoms with E-state index in [4.69, 9.17) is 9.47 Å². The predicted octanol–water partition coefficient (Wildman–Crippen LogP) is 0.274. The number of carbonyl (C=O) groups is 1. The van der Waals surface area contributed by atoms with Crippen molar-refractivity contribution in [1.29, 1.82) is 0 Å². The van der Waals surface area contributed by atoms with Crippen LogP contribution in [0.25, 0.3) is 0 Å². The summed E-state index contributed by atoms with van der Waals surface area (Å²) in [5.74, 6) is 0.490. The van der Waals surface area contributed by atoms with Gasteiger partial charge in [-0.3, -0.25) is 0 Å². The highest BCUT2D eigenvalue weighted by molar-refractivity contribution is 5.89. The Kier molecular flexibility index (Phi) is 9.32. The molecule has 1 N–H and O–H groups in total. The van der Waals surface area contributed by atoms with Crippen molar-refractivity contribution in [2.45, 2.75) is 45.3 Å². The number of likely N-dealkylation sites (tertiary alicyclic amines) is 1. The maximum Gasteiger partial charge on any atom is 0.338 e. The molecular formula is C23H30ClNO3. The van der Waals surface area contributed by atoms with E-state index < -0.39 is 0 Å². The lowest BCUT2D eigenvalue weighted by Crippen LogP contribution is -3.16. The minimum absolute atomic E-state index is 0. The van der Waals surface area contributed by atoms with Gasteiger partial charge in [-0.25, -0.2) is 4.79 Å². The van der Waals surface area contributed by atoms with E-state index in [1.165, 1.54) is 25.8 Å². The largest absolute Gasteiger partial charge is 1.00 e. The summed E-state index contributed by atoms with van der Waals surface area (Å²) in [6, 6.07) is 17.9. The molecule has 0 bridgehead atoms. The van der Waals surface area contributed by atoms with Crippen LogP contribution < -0.4 is 22.0 Å². The smallest absolute Gasteiger partial charge is 0.338 e. The standard InChI is InChI=1S/C23H29NO3.ClH/c1-19-8-5-6-15-24(19)16-7-17-26-23(25)21-11-13-22(14-12-21)27-18-20-9-3-2-4-10-20;/h2-4,9-14,19H,5-8,15-18H2,1H3;1H. The number of hydrogen-bond acceptors (Lipinski definition) is 3. The first-order valence-electron chi connectivity index (χ1n) is 10.0. The Labute approximate surface area is 174 Å². The molecule has 0 spiro atoms. The van der Waals surface area contributed by atoms with Gasteiger partial charge in [-0.05, 0) is 56.0 Å². The molecule has 0 amide bonds. The van der Waals surface area contributed by atoms with Crippen molar-refractivity contribution < 1.29 is 31.6 Å². The van der Waals surface area contributed by atoms with E-state index in [0.29, 0.717) is 18.8 Å². The molecule has 28 heavy (non-hydrogen) atoms. The number of hydrogen-bond donors (Lipinski definition) is 1. The van der Waals surface area contributed by atoms with Crippen LogP contribution in [0.2, 0.25) is 0 Å². The fourth-order valence-corrected chi connectivity index (χ4v) is 3.60. The van der Waals surface area contributed by atoms with E-state index in [-0.39, 0.29) is 18.4 Å². The molecule has 0 radical (unpaired) electrons. The molecule has 3 rings (SSSR count). The molecule has 0 aliphatic carbocycles. The summed E-state index contributed by atoms with van der Waals surface area (Å²) < 4.78 is 11.2. The number of esters is 1. The maximum atomic E-state index is 12.2. The minimum Gasteiger partial charge on any atom is -1.00 e. The van der Waals surface area contributed by atoms with E-state index in [1.807, 2.05) is 42.5 Å². The number of quaternary nitrogens is 1. The Hall–Kier alpha value is -2.04. The summed E-state index contributed by atoms with van der Waals surface area (Å²) in [4.78, 5) is 13.8. The predicted molar refractivity (Wildman–Crippen MR) is 106 cm³/mol. The first-order valence-corrected chi connectivity index (χ1v) is 10.0. The SMILES string of the molecule is CC1CCCC[NH+]1CCCOC(=O)c1ccc(OCc2ccccc2)cc1.[Cl-]. The molecular weight excluding hydrogens is 374 g/mol. The Morgan fingerprint density at radius 2 is 1.82 bits per heavy atom. The topological polar surface area (TPSA) is 40.0 Å². The second-order valence-electron chi connectivity index (χ2n) is 7.34.